The maximum atomic E-state index is 9.94. The largest absolute Gasteiger partial charge is 0.393 e. The van der Waals surface area contributed by atoms with Crippen LogP contribution in [0.2, 0.25) is 0 Å². The molecule has 0 aromatic heterocycles. The van der Waals surface area contributed by atoms with Gasteiger partial charge < -0.3 is 10.0 Å². The molecule has 0 aromatic rings. The number of rotatable bonds is 4. The second-order valence-electron chi connectivity index (χ2n) is 7.65. The van der Waals surface area contributed by atoms with Crippen LogP contribution in [0, 0.1) is 11.8 Å². The summed E-state index contributed by atoms with van der Waals surface area (Å²) < 4.78 is 0. The second-order valence-corrected chi connectivity index (χ2v) is 7.65. The fourth-order valence-electron chi connectivity index (χ4n) is 4.21. The van der Waals surface area contributed by atoms with Crippen molar-refractivity contribution in [1.82, 2.24) is 9.80 Å². The van der Waals surface area contributed by atoms with Gasteiger partial charge in [0, 0.05) is 25.2 Å². The van der Waals surface area contributed by atoms with Gasteiger partial charge in [0.2, 0.25) is 0 Å². The fourth-order valence-corrected chi connectivity index (χ4v) is 4.21. The number of hydrogen-bond donors (Lipinski definition) is 1. The molecule has 2 saturated heterocycles. The zero-order chi connectivity index (χ0) is 14.1. The molecule has 3 heteroatoms. The second kappa shape index (κ2) is 6.33. The number of likely N-dealkylation sites (tertiary alicyclic amines) is 2. The molecule has 3 fully saturated rings. The lowest BCUT2D eigenvalue weighted by molar-refractivity contribution is 0.0162. The van der Waals surface area contributed by atoms with Crippen molar-refractivity contribution in [1.29, 1.82) is 0 Å². The lowest BCUT2D eigenvalue weighted by atomic mass is 9.91. The van der Waals surface area contributed by atoms with Crippen molar-refractivity contribution in [3.05, 3.63) is 0 Å². The van der Waals surface area contributed by atoms with Gasteiger partial charge in [0.1, 0.15) is 0 Å². The van der Waals surface area contributed by atoms with E-state index in [2.05, 4.69) is 23.6 Å². The van der Waals surface area contributed by atoms with E-state index in [-0.39, 0.29) is 6.10 Å². The Morgan fingerprint density at radius 2 is 1.70 bits per heavy atom. The molecule has 0 amide bonds. The third kappa shape index (κ3) is 3.55. The molecular weight excluding hydrogens is 248 g/mol. The van der Waals surface area contributed by atoms with Crippen molar-refractivity contribution >= 4 is 0 Å². The SMILES string of the molecule is CC(C)N1CCC(CN2CC[C@@H](O)C[C@@H]2C2CC2)CC1. The van der Waals surface area contributed by atoms with Gasteiger partial charge in [0.15, 0.2) is 0 Å². The van der Waals surface area contributed by atoms with E-state index >= 15 is 0 Å². The molecule has 2 heterocycles. The van der Waals surface area contributed by atoms with Crippen molar-refractivity contribution in [2.75, 3.05) is 26.2 Å². The van der Waals surface area contributed by atoms with E-state index < -0.39 is 0 Å². The van der Waals surface area contributed by atoms with Gasteiger partial charge in [-0.15, -0.1) is 0 Å². The first-order chi connectivity index (χ1) is 9.63. The summed E-state index contributed by atoms with van der Waals surface area (Å²) in [6, 6.07) is 1.40. The molecule has 0 aromatic carbocycles. The third-order valence-corrected chi connectivity index (χ3v) is 5.77. The molecule has 3 nitrogen and oxygen atoms in total. The monoisotopic (exact) mass is 280 g/mol. The van der Waals surface area contributed by atoms with Gasteiger partial charge in [0.05, 0.1) is 6.10 Å². The first-order valence-corrected chi connectivity index (χ1v) is 8.79. The molecule has 0 bridgehead atoms. The highest BCUT2D eigenvalue weighted by atomic mass is 16.3. The maximum absolute atomic E-state index is 9.94. The van der Waals surface area contributed by atoms with Crippen LogP contribution in [0.1, 0.15) is 52.4 Å². The lowest BCUT2D eigenvalue weighted by Crippen LogP contribution is -2.49. The Hall–Kier alpha value is -0.120. The normalized spacial score (nSPS) is 34.8. The van der Waals surface area contributed by atoms with Crippen LogP contribution in [-0.2, 0) is 0 Å². The van der Waals surface area contributed by atoms with Crippen molar-refractivity contribution in [2.45, 2.75) is 70.6 Å². The predicted molar refractivity (Wildman–Crippen MR) is 82.8 cm³/mol. The van der Waals surface area contributed by atoms with E-state index in [1.807, 2.05) is 0 Å². The predicted octanol–water partition coefficient (Wildman–Crippen LogP) is 2.34. The average molecular weight is 280 g/mol. The van der Waals surface area contributed by atoms with E-state index in [4.69, 9.17) is 0 Å². The first kappa shape index (κ1) is 14.8. The Morgan fingerprint density at radius 1 is 1.00 bits per heavy atom. The van der Waals surface area contributed by atoms with Crippen LogP contribution in [0.3, 0.4) is 0 Å². The number of aliphatic hydroxyl groups excluding tert-OH is 1. The number of hydrogen-bond acceptors (Lipinski definition) is 3. The van der Waals surface area contributed by atoms with Crippen LogP contribution in [0.25, 0.3) is 0 Å². The van der Waals surface area contributed by atoms with Gasteiger partial charge in [-0.1, -0.05) is 0 Å². The molecule has 2 atom stereocenters. The van der Waals surface area contributed by atoms with Gasteiger partial charge in [-0.05, 0) is 77.3 Å². The molecular formula is C17H32N2O. The summed E-state index contributed by atoms with van der Waals surface area (Å²) in [5.74, 6) is 1.79. The summed E-state index contributed by atoms with van der Waals surface area (Å²) in [5, 5.41) is 9.94. The molecule has 3 rings (SSSR count). The Bertz CT molecular complexity index is 308. The van der Waals surface area contributed by atoms with Crippen LogP contribution in [0.15, 0.2) is 0 Å². The minimum atomic E-state index is -0.0281. The highest BCUT2D eigenvalue weighted by Gasteiger charge is 2.39. The smallest absolute Gasteiger partial charge is 0.0567 e. The summed E-state index contributed by atoms with van der Waals surface area (Å²) in [4.78, 5) is 5.36. The molecule has 20 heavy (non-hydrogen) atoms. The van der Waals surface area contributed by atoms with Gasteiger partial charge >= 0.3 is 0 Å². The zero-order valence-corrected chi connectivity index (χ0v) is 13.3. The van der Waals surface area contributed by atoms with Crippen LogP contribution in [-0.4, -0.2) is 59.3 Å². The molecule has 3 aliphatic rings. The van der Waals surface area contributed by atoms with E-state index in [0.29, 0.717) is 12.1 Å². The number of piperidine rings is 2. The van der Waals surface area contributed by atoms with Crippen molar-refractivity contribution < 1.29 is 5.11 Å². The van der Waals surface area contributed by atoms with E-state index in [1.54, 1.807) is 0 Å². The minimum Gasteiger partial charge on any atom is -0.393 e. The zero-order valence-electron chi connectivity index (χ0n) is 13.3. The van der Waals surface area contributed by atoms with E-state index in [0.717, 1.165) is 31.2 Å². The molecule has 1 aliphatic carbocycles. The number of aliphatic hydroxyl groups is 1. The van der Waals surface area contributed by atoms with Crippen LogP contribution < -0.4 is 0 Å². The Morgan fingerprint density at radius 3 is 2.30 bits per heavy atom. The van der Waals surface area contributed by atoms with E-state index in [9.17, 15) is 5.11 Å². The fraction of sp³-hybridized carbons (Fsp3) is 1.00. The standard InChI is InChI=1S/C17H32N2O/c1-13(2)18-8-5-14(6-9-18)12-19-10-7-16(20)11-17(19)15-3-4-15/h13-17,20H,3-12H2,1-2H3/t16-,17-/m1/s1. The van der Waals surface area contributed by atoms with Crippen LogP contribution >= 0.6 is 0 Å². The van der Waals surface area contributed by atoms with Crippen LogP contribution in [0.4, 0.5) is 0 Å². The molecule has 1 saturated carbocycles. The summed E-state index contributed by atoms with van der Waals surface area (Å²) in [5.41, 5.74) is 0. The maximum Gasteiger partial charge on any atom is 0.0567 e. The van der Waals surface area contributed by atoms with Gasteiger partial charge in [-0.3, -0.25) is 4.90 Å². The molecule has 0 spiro atoms. The Balaban J connectivity index is 1.49. The Labute approximate surface area is 124 Å². The topological polar surface area (TPSA) is 26.7 Å². The highest BCUT2D eigenvalue weighted by molar-refractivity contribution is 4.93. The average Bonchev–Trinajstić information content (AvgIpc) is 3.26. The summed E-state index contributed by atoms with van der Waals surface area (Å²) in [6.45, 7) is 9.62. The highest BCUT2D eigenvalue weighted by Crippen LogP contribution is 2.40. The summed E-state index contributed by atoms with van der Waals surface area (Å²) >= 11 is 0. The molecule has 2 aliphatic heterocycles. The number of nitrogens with zero attached hydrogens (tertiary/aromatic N) is 2. The van der Waals surface area contributed by atoms with Gasteiger partial charge in [0.25, 0.3) is 0 Å². The summed E-state index contributed by atoms with van der Waals surface area (Å²) in [6.07, 6.45) is 7.55. The van der Waals surface area contributed by atoms with Crippen molar-refractivity contribution in [3.63, 3.8) is 0 Å². The first-order valence-electron chi connectivity index (χ1n) is 8.79. The van der Waals surface area contributed by atoms with E-state index in [1.165, 1.54) is 45.3 Å². The minimum absolute atomic E-state index is 0.0281. The molecule has 0 unspecified atom stereocenters. The van der Waals surface area contributed by atoms with Crippen molar-refractivity contribution in [3.8, 4) is 0 Å². The lowest BCUT2D eigenvalue weighted by Gasteiger charge is -2.42. The molecule has 0 radical (unpaired) electrons. The Kier molecular flexibility index (Phi) is 4.68. The van der Waals surface area contributed by atoms with Crippen molar-refractivity contribution in [2.24, 2.45) is 11.8 Å². The van der Waals surface area contributed by atoms with Crippen LogP contribution in [0.5, 0.6) is 0 Å². The molecule has 116 valence electrons. The molecule has 1 N–H and O–H groups in total. The third-order valence-electron chi connectivity index (χ3n) is 5.77. The summed E-state index contributed by atoms with van der Waals surface area (Å²) in [7, 11) is 0. The van der Waals surface area contributed by atoms with Gasteiger partial charge in [-0.25, -0.2) is 0 Å². The quantitative estimate of drug-likeness (QED) is 0.856. The van der Waals surface area contributed by atoms with Gasteiger partial charge in [-0.2, -0.15) is 0 Å².